The molecule has 0 aromatic heterocycles. The molecule has 0 aliphatic rings. The molecular formula is C48H58Cl2N4Si3. The standard InChI is InChI=1S/C48H58Cl2N4Si3/c1-51(2)35-39-23-15-19-31-45(39)55(49,46-32-20-16-24-40(46)36-52(3)4)57(43-27-11-9-12-28-43,44-29-13-10-14-30-44)56(50,47-33-21-17-25-41(47)37-53(5)6)48-34-22-18-26-42(48)38-54(7)8/h9-34H,35-38H2,1-8H3. The second kappa shape index (κ2) is 18.5. The first-order valence-electron chi connectivity index (χ1n) is 19.8. The maximum Gasteiger partial charge on any atom is 0.216 e. The molecule has 4 nitrogen and oxygen atoms in total. The van der Waals surface area contributed by atoms with Gasteiger partial charge in [-0.3, -0.25) is 0 Å². The molecular weight excluding hydrogens is 788 g/mol. The first-order chi connectivity index (χ1) is 27.3. The van der Waals surface area contributed by atoms with Gasteiger partial charge in [0.2, 0.25) is 13.8 Å². The molecule has 0 radical (unpaired) electrons. The van der Waals surface area contributed by atoms with Crippen LogP contribution in [0.3, 0.4) is 0 Å². The number of hydrogen-bond acceptors (Lipinski definition) is 4. The number of benzene rings is 6. The molecule has 0 unspecified atom stereocenters. The zero-order valence-corrected chi connectivity index (χ0v) is 39.4. The van der Waals surface area contributed by atoms with E-state index in [1.165, 1.54) is 53.4 Å². The summed E-state index contributed by atoms with van der Waals surface area (Å²) in [5.41, 5.74) is 5.01. The molecule has 0 bridgehead atoms. The van der Waals surface area contributed by atoms with Crippen LogP contribution in [0.5, 0.6) is 0 Å². The van der Waals surface area contributed by atoms with Crippen LogP contribution >= 0.6 is 22.2 Å². The fourth-order valence-electron chi connectivity index (χ4n) is 9.01. The van der Waals surface area contributed by atoms with Gasteiger partial charge in [0.05, 0.1) is 0 Å². The maximum atomic E-state index is 9.55. The van der Waals surface area contributed by atoms with Crippen LogP contribution in [-0.2, 0) is 26.2 Å². The van der Waals surface area contributed by atoms with Crippen LogP contribution in [0, 0.1) is 0 Å². The van der Waals surface area contributed by atoms with Gasteiger partial charge in [-0.15, -0.1) is 0 Å². The Morgan fingerprint density at radius 2 is 0.526 bits per heavy atom. The quantitative estimate of drug-likeness (QED) is 0.0924. The maximum absolute atomic E-state index is 9.55. The van der Waals surface area contributed by atoms with Gasteiger partial charge in [-0.25, -0.2) is 0 Å². The molecule has 0 saturated carbocycles. The summed E-state index contributed by atoms with van der Waals surface area (Å²) in [6.45, 7) is -4.28. The van der Waals surface area contributed by atoms with Crippen molar-refractivity contribution < 1.29 is 0 Å². The van der Waals surface area contributed by atoms with Crippen molar-refractivity contribution in [3.8, 4) is 0 Å². The molecule has 296 valence electrons. The van der Waals surface area contributed by atoms with Crippen LogP contribution in [0.4, 0.5) is 0 Å². The molecule has 6 rings (SSSR count). The van der Waals surface area contributed by atoms with E-state index < -0.39 is 20.9 Å². The van der Waals surface area contributed by atoms with Crippen LogP contribution in [0.1, 0.15) is 22.3 Å². The lowest BCUT2D eigenvalue weighted by molar-refractivity contribution is 0.403. The van der Waals surface area contributed by atoms with E-state index in [2.05, 4.69) is 234 Å². The Kier molecular flexibility index (Phi) is 14.0. The smallest absolute Gasteiger partial charge is 0.216 e. The summed E-state index contributed by atoms with van der Waals surface area (Å²) in [5.74, 6) is 0. The third-order valence-corrected chi connectivity index (χ3v) is 50.4. The Morgan fingerprint density at radius 1 is 0.316 bits per heavy atom. The SMILES string of the molecule is CN(C)Cc1ccccc1[Si](Cl)(c1ccccc1CN(C)C)[Si](c1ccccc1)(c1ccccc1)[Si](Cl)(c1ccccc1CN(C)C)c1ccccc1CN(C)C. The zero-order valence-electron chi connectivity index (χ0n) is 34.9. The van der Waals surface area contributed by atoms with Crippen LogP contribution in [0.2, 0.25) is 0 Å². The second-order valence-corrected chi connectivity index (χ2v) is 39.6. The van der Waals surface area contributed by atoms with Gasteiger partial charge in [0.25, 0.3) is 0 Å². The summed E-state index contributed by atoms with van der Waals surface area (Å²) in [6.07, 6.45) is 0. The fourth-order valence-corrected chi connectivity index (χ4v) is 58.9. The van der Waals surface area contributed by atoms with Crippen molar-refractivity contribution in [3.05, 3.63) is 180 Å². The van der Waals surface area contributed by atoms with Crippen molar-refractivity contribution >= 4 is 74.2 Å². The predicted octanol–water partition coefficient (Wildman–Crippen LogP) is 5.65. The van der Waals surface area contributed by atoms with Gasteiger partial charge in [0.15, 0.2) is 7.11 Å². The lowest BCUT2D eigenvalue weighted by Crippen LogP contribution is -2.97. The van der Waals surface area contributed by atoms with Crippen molar-refractivity contribution in [3.63, 3.8) is 0 Å². The molecule has 9 heteroatoms. The van der Waals surface area contributed by atoms with Gasteiger partial charge in [0, 0.05) is 26.2 Å². The molecule has 57 heavy (non-hydrogen) atoms. The monoisotopic (exact) mass is 844 g/mol. The van der Waals surface area contributed by atoms with Crippen LogP contribution < -0.4 is 31.1 Å². The number of nitrogens with zero attached hydrogens (tertiary/aromatic N) is 4. The highest BCUT2D eigenvalue weighted by molar-refractivity contribution is 7.98. The van der Waals surface area contributed by atoms with Crippen molar-refractivity contribution in [1.29, 1.82) is 0 Å². The first-order valence-corrected chi connectivity index (χ1v) is 29.8. The van der Waals surface area contributed by atoms with E-state index in [9.17, 15) is 22.2 Å². The molecule has 0 aliphatic heterocycles. The Morgan fingerprint density at radius 3 is 0.754 bits per heavy atom. The summed E-state index contributed by atoms with van der Waals surface area (Å²) in [7, 11) is 13.6. The summed E-state index contributed by atoms with van der Waals surface area (Å²) in [4.78, 5) is 9.09. The van der Waals surface area contributed by atoms with Gasteiger partial charge in [0.1, 0.15) is 0 Å². The Bertz CT molecular complexity index is 1970. The van der Waals surface area contributed by atoms with Gasteiger partial charge < -0.3 is 19.6 Å². The largest absolute Gasteiger partial charge is 0.305 e. The molecule has 0 aliphatic carbocycles. The summed E-state index contributed by atoms with van der Waals surface area (Å²) in [5, 5.41) is 7.55. The van der Waals surface area contributed by atoms with Crippen LogP contribution in [0.15, 0.2) is 158 Å². The third-order valence-electron chi connectivity index (χ3n) is 10.9. The topological polar surface area (TPSA) is 13.0 Å². The van der Waals surface area contributed by atoms with Crippen LogP contribution in [-0.4, -0.2) is 96.9 Å². The van der Waals surface area contributed by atoms with Crippen molar-refractivity contribution in [2.45, 2.75) is 26.2 Å². The summed E-state index contributed by atoms with van der Waals surface area (Å²) < 4.78 is 0. The van der Waals surface area contributed by atoms with Gasteiger partial charge in [-0.05, 0) is 99.4 Å². The first kappa shape index (κ1) is 43.0. The number of halogens is 2. The molecule has 0 atom stereocenters. The van der Waals surface area contributed by atoms with Gasteiger partial charge in [-0.1, -0.05) is 168 Å². The van der Waals surface area contributed by atoms with E-state index in [4.69, 9.17) is 0 Å². The predicted molar refractivity (Wildman–Crippen MR) is 255 cm³/mol. The second-order valence-electron chi connectivity index (χ2n) is 16.4. The molecule has 0 saturated heterocycles. The van der Waals surface area contributed by atoms with E-state index in [-0.39, 0.29) is 0 Å². The normalized spacial score (nSPS) is 12.6. The molecule has 0 spiro atoms. The lowest BCUT2D eigenvalue weighted by Gasteiger charge is -2.54. The molecule has 0 N–H and O–H groups in total. The third kappa shape index (κ3) is 8.33. The molecule has 0 heterocycles. The molecule has 0 amide bonds. The van der Waals surface area contributed by atoms with Crippen molar-refractivity contribution in [1.82, 2.24) is 19.6 Å². The molecule has 0 fully saturated rings. The Balaban J connectivity index is 2.01. The average molecular weight is 846 g/mol. The van der Waals surface area contributed by atoms with Crippen LogP contribution in [0.25, 0.3) is 0 Å². The number of hydrogen-bond donors (Lipinski definition) is 0. The zero-order chi connectivity index (χ0) is 40.8. The van der Waals surface area contributed by atoms with E-state index in [0.29, 0.717) is 0 Å². The average Bonchev–Trinajstić information content (AvgIpc) is 3.19. The molecule has 6 aromatic carbocycles. The van der Waals surface area contributed by atoms with E-state index in [1.54, 1.807) is 0 Å². The van der Waals surface area contributed by atoms with Crippen molar-refractivity contribution in [2.75, 3.05) is 56.4 Å². The minimum absolute atomic E-state index is 0.757. The van der Waals surface area contributed by atoms with Gasteiger partial charge in [-0.2, -0.15) is 22.2 Å². The highest BCUT2D eigenvalue weighted by atomic mass is 35.6. The summed E-state index contributed by atoms with van der Waals surface area (Å²) in [6, 6.07) is 58.9. The molecule has 6 aromatic rings. The fraction of sp³-hybridized carbons (Fsp3) is 0.250. The Labute approximate surface area is 354 Å². The highest BCUT2D eigenvalue weighted by Gasteiger charge is 2.73. The van der Waals surface area contributed by atoms with E-state index in [1.807, 2.05) is 0 Å². The minimum Gasteiger partial charge on any atom is -0.305 e. The lowest BCUT2D eigenvalue weighted by atomic mass is 10.2. The van der Waals surface area contributed by atoms with E-state index in [0.717, 1.165) is 26.2 Å². The van der Waals surface area contributed by atoms with Crippen molar-refractivity contribution in [2.24, 2.45) is 0 Å². The summed E-state index contributed by atoms with van der Waals surface area (Å²) >= 11 is 19.1. The highest BCUT2D eigenvalue weighted by Crippen LogP contribution is 2.37. The van der Waals surface area contributed by atoms with Gasteiger partial charge >= 0.3 is 0 Å². The number of rotatable bonds is 16. The Hall–Kier alpha value is -3.61. The minimum atomic E-state index is -3.65. The van der Waals surface area contributed by atoms with E-state index >= 15 is 0 Å².